The molecule has 0 bridgehead atoms. The van der Waals surface area contributed by atoms with Crippen molar-refractivity contribution in [1.29, 1.82) is 0 Å². The first kappa shape index (κ1) is 20.0. The summed E-state index contributed by atoms with van der Waals surface area (Å²) in [6, 6.07) is 6.13. The molecule has 1 rings (SSSR count). The molecule has 1 aromatic rings. The van der Waals surface area contributed by atoms with Crippen LogP contribution in [0.2, 0.25) is 0 Å². The molecule has 5 nitrogen and oxygen atoms in total. The molecule has 0 N–H and O–H groups in total. The van der Waals surface area contributed by atoms with Crippen molar-refractivity contribution in [2.45, 2.75) is 44.1 Å². The summed E-state index contributed by atoms with van der Waals surface area (Å²) in [7, 11) is -2.00. The summed E-state index contributed by atoms with van der Waals surface area (Å²) in [5, 5.41) is 0. The van der Waals surface area contributed by atoms with Gasteiger partial charge in [0.1, 0.15) is 0 Å². The molecule has 0 spiro atoms. The van der Waals surface area contributed by atoms with Crippen LogP contribution in [0.25, 0.3) is 0 Å². The molecule has 1 aromatic carbocycles. The molecule has 1 unspecified atom stereocenters. The summed E-state index contributed by atoms with van der Waals surface area (Å²) in [5.41, 5.74) is 2.27. The van der Waals surface area contributed by atoms with Crippen molar-refractivity contribution in [3.8, 4) is 0 Å². The van der Waals surface area contributed by atoms with Gasteiger partial charge in [0.05, 0.1) is 19.5 Å². The zero-order chi connectivity index (χ0) is 17.5. The number of thioether (sulfide) groups is 1. The first-order valence-corrected chi connectivity index (χ1v) is 10.2. The lowest BCUT2D eigenvalue weighted by atomic mass is 10.0. The number of aryl methyl sites for hydroxylation is 2. The summed E-state index contributed by atoms with van der Waals surface area (Å²) in [6.07, 6.45) is 2.44. The molecule has 0 aliphatic heterocycles. The fourth-order valence-corrected chi connectivity index (χ4v) is 3.87. The molecule has 130 valence electrons. The SMILES string of the molecule is COC(=O)CCc1ccc(SCCC(C)OS(C)(=O)=O)cc1C. The predicted molar refractivity (Wildman–Crippen MR) is 92.2 cm³/mol. The van der Waals surface area contributed by atoms with Gasteiger partial charge >= 0.3 is 5.97 Å². The lowest BCUT2D eigenvalue weighted by molar-refractivity contribution is -0.140. The molecule has 0 saturated carbocycles. The van der Waals surface area contributed by atoms with Gasteiger partial charge in [0.15, 0.2) is 0 Å². The summed E-state index contributed by atoms with van der Waals surface area (Å²) < 4.78 is 31.6. The molecular weight excluding hydrogens is 336 g/mol. The molecular formula is C16H24O5S2. The number of hydrogen-bond donors (Lipinski definition) is 0. The topological polar surface area (TPSA) is 69.7 Å². The van der Waals surface area contributed by atoms with Gasteiger partial charge in [-0.15, -0.1) is 11.8 Å². The molecule has 1 atom stereocenters. The average Bonchev–Trinajstić information content (AvgIpc) is 2.44. The van der Waals surface area contributed by atoms with Crippen molar-refractivity contribution in [3.05, 3.63) is 29.3 Å². The third-order valence-corrected chi connectivity index (χ3v) is 4.98. The minimum Gasteiger partial charge on any atom is -0.469 e. The van der Waals surface area contributed by atoms with E-state index in [0.29, 0.717) is 19.3 Å². The highest BCUT2D eigenvalue weighted by atomic mass is 32.2. The maximum absolute atomic E-state index is 11.2. The molecule has 0 aromatic heterocycles. The van der Waals surface area contributed by atoms with E-state index in [2.05, 4.69) is 10.8 Å². The largest absolute Gasteiger partial charge is 0.469 e. The van der Waals surface area contributed by atoms with Crippen molar-refractivity contribution < 1.29 is 22.1 Å². The number of rotatable bonds is 9. The Morgan fingerprint density at radius 3 is 2.61 bits per heavy atom. The number of ether oxygens (including phenoxy) is 1. The molecule has 7 heteroatoms. The number of benzene rings is 1. The van der Waals surface area contributed by atoms with Gasteiger partial charge in [0.2, 0.25) is 0 Å². The van der Waals surface area contributed by atoms with Gasteiger partial charge in [0.25, 0.3) is 10.1 Å². The van der Waals surface area contributed by atoms with Gasteiger partial charge in [-0.3, -0.25) is 8.98 Å². The predicted octanol–water partition coefficient (Wildman–Crippen LogP) is 2.95. The van der Waals surface area contributed by atoms with Crippen LogP contribution in [0.5, 0.6) is 0 Å². The van der Waals surface area contributed by atoms with Crippen molar-refractivity contribution in [3.63, 3.8) is 0 Å². The maximum atomic E-state index is 11.2. The van der Waals surface area contributed by atoms with E-state index < -0.39 is 10.1 Å². The van der Waals surface area contributed by atoms with E-state index in [1.54, 1.807) is 18.7 Å². The normalized spacial score (nSPS) is 12.9. The molecule has 0 aliphatic rings. The lowest BCUT2D eigenvalue weighted by Crippen LogP contribution is -2.14. The maximum Gasteiger partial charge on any atom is 0.305 e. The van der Waals surface area contributed by atoms with Crippen molar-refractivity contribution in [2.75, 3.05) is 19.1 Å². The Labute approximate surface area is 142 Å². The number of esters is 1. The van der Waals surface area contributed by atoms with Crippen LogP contribution in [-0.2, 0) is 30.3 Å². The number of hydrogen-bond acceptors (Lipinski definition) is 6. The fourth-order valence-electron chi connectivity index (χ4n) is 2.07. The van der Waals surface area contributed by atoms with Crippen LogP contribution in [-0.4, -0.2) is 39.6 Å². The van der Waals surface area contributed by atoms with Gasteiger partial charge < -0.3 is 4.74 Å². The second-order valence-electron chi connectivity index (χ2n) is 5.41. The van der Waals surface area contributed by atoms with E-state index in [1.165, 1.54) is 7.11 Å². The van der Waals surface area contributed by atoms with Crippen LogP contribution in [0.1, 0.15) is 30.9 Å². The van der Waals surface area contributed by atoms with Crippen LogP contribution < -0.4 is 0 Å². The zero-order valence-corrected chi connectivity index (χ0v) is 15.6. The monoisotopic (exact) mass is 360 g/mol. The van der Waals surface area contributed by atoms with Crippen LogP contribution in [0.15, 0.2) is 23.1 Å². The Balaban J connectivity index is 2.47. The third-order valence-electron chi connectivity index (χ3n) is 3.27. The number of methoxy groups -OCH3 is 1. The van der Waals surface area contributed by atoms with E-state index >= 15 is 0 Å². The highest BCUT2D eigenvalue weighted by Crippen LogP contribution is 2.23. The summed E-state index contributed by atoms with van der Waals surface area (Å²) in [6.45, 7) is 3.77. The van der Waals surface area contributed by atoms with E-state index in [4.69, 9.17) is 4.18 Å². The van der Waals surface area contributed by atoms with Crippen molar-refractivity contribution in [1.82, 2.24) is 0 Å². The minimum absolute atomic E-state index is 0.206. The molecule has 0 aliphatic carbocycles. The van der Waals surface area contributed by atoms with Crippen LogP contribution >= 0.6 is 11.8 Å². The highest BCUT2D eigenvalue weighted by molar-refractivity contribution is 7.99. The third kappa shape index (κ3) is 8.39. The Bertz CT molecular complexity index is 625. The van der Waals surface area contributed by atoms with E-state index in [0.717, 1.165) is 28.0 Å². The molecule has 0 fully saturated rings. The molecule has 0 radical (unpaired) electrons. The Hall–Kier alpha value is -1.05. The lowest BCUT2D eigenvalue weighted by Gasteiger charge is -2.11. The first-order valence-electron chi connectivity index (χ1n) is 7.38. The highest BCUT2D eigenvalue weighted by Gasteiger charge is 2.10. The first-order chi connectivity index (χ1) is 10.7. The second-order valence-corrected chi connectivity index (χ2v) is 8.18. The Morgan fingerprint density at radius 1 is 1.35 bits per heavy atom. The van der Waals surface area contributed by atoms with Gasteiger partial charge in [-0.2, -0.15) is 8.42 Å². The summed E-state index contributed by atoms with van der Waals surface area (Å²) in [5.74, 6) is 0.570. The standard InChI is InChI=1S/C16H24O5S2/c1-12-11-15(7-5-14(12)6-8-16(17)20-3)22-10-9-13(2)21-23(4,18)19/h5,7,11,13H,6,8-10H2,1-4H3. The average molecular weight is 360 g/mol. The summed E-state index contributed by atoms with van der Waals surface area (Å²) in [4.78, 5) is 12.3. The van der Waals surface area contributed by atoms with Crippen molar-refractivity contribution in [2.24, 2.45) is 0 Å². The molecule has 0 saturated heterocycles. The number of carbonyl (C=O) groups is 1. The number of carbonyl (C=O) groups excluding carboxylic acids is 1. The van der Waals surface area contributed by atoms with Crippen LogP contribution in [0.3, 0.4) is 0 Å². The van der Waals surface area contributed by atoms with Crippen LogP contribution in [0, 0.1) is 6.92 Å². The van der Waals surface area contributed by atoms with Crippen LogP contribution in [0.4, 0.5) is 0 Å². The Morgan fingerprint density at radius 2 is 2.04 bits per heavy atom. The fraction of sp³-hybridized carbons (Fsp3) is 0.562. The Kier molecular flexibility index (Phi) is 8.08. The molecule has 23 heavy (non-hydrogen) atoms. The van der Waals surface area contributed by atoms with E-state index in [1.807, 2.05) is 19.1 Å². The summed E-state index contributed by atoms with van der Waals surface area (Å²) >= 11 is 1.66. The minimum atomic E-state index is -3.39. The van der Waals surface area contributed by atoms with Gasteiger partial charge in [-0.05, 0) is 49.9 Å². The van der Waals surface area contributed by atoms with Gasteiger partial charge in [0, 0.05) is 17.1 Å². The van der Waals surface area contributed by atoms with E-state index in [-0.39, 0.29) is 12.1 Å². The van der Waals surface area contributed by atoms with E-state index in [9.17, 15) is 13.2 Å². The molecule has 0 heterocycles. The van der Waals surface area contributed by atoms with Gasteiger partial charge in [-0.1, -0.05) is 6.07 Å². The van der Waals surface area contributed by atoms with Gasteiger partial charge in [-0.25, -0.2) is 0 Å². The molecule has 0 amide bonds. The van der Waals surface area contributed by atoms with Crippen molar-refractivity contribution >= 4 is 27.8 Å². The second kappa shape index (κ2) is 9.30. The quantitative estimate of drug-likeness (QED) is 0.383. The zero-order valence-electron chi connectivity index (χ0n) is 14.0. The smallest absolute Gasteiger partial charge is 0.305 e.